The maximum absolute atomic E-state index is 12.9. The van der Waals surface area contributed by atoms with Gasteiger partial charge in [-0.2, -0.15) is 5.01 Å². The number of hydrogen-bond acceptors (Lipinski definition) is 5. The van der Waals surface area contributed by atoms with E-state index in [9.17, 15) is 4.79 Å². The number of amidine groups is 1. The summed E-state index contributed by atoms with van der Waals surface area (Å²) in [5.41, 5.74) is 3.80. The predicted molar refractivity (Wildman–Crippen MR) is 89.4 cm³/mol. The van der Waals surface area contributed by atoms with Gasteiger partial charge in [0.25, 0.3) is 5.91 Å². The van der Waals surface area contributed by atoms with Gasteiger partial charge >= 0.3 is 0 Å². The van der Waals surface area contributed by atoms with Crippen LogP contribution in [0, 0.1) is 0 Å². The molecule has 5 nitrogen and oxygen atoms in total. The zero-order chi connectivity index (χ0) is 15.6. The van der Waals surface area contributed by atoms with Gasteiger partial charge in [-0.3, -0.25) is 15.2 Å². The molecule has 0 aliphatic carbocycles. The molecule has 0 fully saturated rings. The van der Waals surface area contributed by atoms with Crippen molar-refractivity contribution < 1.29 is 4.79 Å². The van der Waals surface area contributed by atoms with Crippen molar-refractivity contribution in [3.8, 4) is 0 Å². The van der Waals surface area contributed by atoms with Crippen LogP contribution in [0.15, 0.2) is 59.9 Å². The van der Waals surface area contributed by atoms with E-state index in [1.54, 1.807) is 12.4 Å². The molecule has 112 valence electrons. The quantitative estimate of drug-likeness (QED) is 0.947. The van der Waals surface area contributed by atoms with Gasteiger partial charge < -0.3 is 0 Å². The van der Waals surface area contributed by atoms with Crippen LogP contribution < -0.4 is 5.43 Å². The highest BCUT2D eigenvalue weighted by molar-refractivity contribution is 8.13. The number of nitrogens with zero attached hydrogens (tertiary/aromatic N) is 3. The van der Waals surface area contributed by atoms with Crippen LogP contribution in [-0.2, 0) is 10.3 Å². The second-order valence-corrected chi connectivity index (χ2v) is 5.80. The maximum Gasteiger partial charge on any atom is 0.279 e. The first-order valence-corrected chi connectivity index (χ1v) is 8.08. The Bertz CT molecular complexity index is 705. The average molecular weight is 312 g/mol. The summed E-state index contributed by atoms with van der Waals surface area (Å²) in [7, 11) is 0. The average Bonchev–Trinajstić information content (AvgIpc) is 2.82. The molecule has 6 heteroatoms. The van der Waals surface area contributed by atoms with Crippen molar-refractivity contribution in [1.82, 2.24) is 9.99 Å². The molecular formula is C16H16N4OS. The number of amides is 1. The highest BCUT2D eigenvalue weighted by Gasteiger charge is 2.46. The summed E-state index contributed by atoms with van der Waals surface area (Å²) in [5.74, 6) is -0.117. The Labute approximate surface area is 133 Å². The summed E-state index contributed by atoms with van der Waals surface area (Å²) in [6.07, 6.45) is 5.28. The number of aliphatic imine (C=N–C) groups is 1. The maximum atomic E-state index is 12.9. The molecule has 1 atom stereocenters. The van der Waals surface area contributed by atoms with Crippen LogP contribution in [0.4, 0.5) is 5.69 Å². The summed E-state index contributed by atoms with van der Waals surface area (Å²) < 4.78 is 0. The number of hydrazine groups is 1. The van der Waals surface area contributed by atoms with Gasteiger partial charge in [-0.15, -0.1) is 0 Å². The molecule has 0 saturated carbocycles. The molecule has 1 aliphatic heterocycles. The van der Waals surface area contributed by atoms with Crippen LogP contribution in [0.1, 0.15) is 12.5 Å². The Balaban J connectivity index is 1.94. The van der Waals surface area contributed by atoms with E-state index in [1.807, 2.05) is 55.6 Å². The summed E-state index contributed by atoms with van der Waals surface area (Å²) >= 11 is 1.43. The van der Waals surface area contributed by atoms with E-state index in [0.29, 0.717) is 5.17 Å². The van der Waals surface area contributed by atoms with E-state index < -0.39 is 5.54 Å². The first-order valence-electron chi connectivity index (χ1n) is 6.86. The molecule has 1 unspecified atom stereocenters. The molecule has 1 N–H and O–H groups in total. The molecule has 1 aromatic heterocycles. The number of pyridine rings is 1. The van der Waals surface area contributed by atoms with Gasteiger partial charge in [-0.25, -0.2) is 4.99 Å². The van der Waals surface area contributed by atoms with E-state index in [1.165, 1.54) is 16.8 Å². The van der Waals surface area contributed by atoms with Crippen molar-refractivity contribution in [2.24, 2.45) is 4.99 Å². The van der Waals surface area contributed by atoms with Crippen molar-refractivity contribution >= 4 is 28.5 Å². The summed E-state index contributed by atoms with van der Waals surface area (Å²) in [6, 6.07) is 13.3. The van der Waals surface area contributed by atoms with E-state index in [4.69, 9.17) is 0 Å². The van der Waals surface area contributed by atoms with E-state index >= 15 is 0 Å². The Morgan fingerprint density at radius 2 is 1.95 bits per heavy atom. The van der Waals surface area contributed by atoms with Gasteiger partial charge in [0.1, 0.15) is 0 Å². The number of rotatable bonds is 3. The largest absolute Gasteiger partial charge is 0.289 e. The van der Waals surface area contributed by atoms with Crippen LogP contribution in [0.25, 0.3) is 0 Å². The van der Waals surface area contributed by atoms with Crippen LogP contribution in [0.5, 0.6) is 0 Å². The van der Waals surface area contributed by atoms with Crippen molar-refractivity contribution in [3.63, 3.8) is 0 Å². The second-order valence-electron chi connectivity index (χ2n) is 5.03. The highest BCUT2D eigenvalue weighted by atomic mass is 32.2. The SMILES string of the molecule is CSC1=NC(C)(c2cccnc2)C(=O)N1Nc1ccccc1. The molecule has 22 heavy (non-hydrogen) atoms. The standard InChI is InChI=1S/C16H16N4OS/c1-16(12-7-6-10-17-11-12)14(21)20(15(18-16)22-2)19-13-8-4-3-5-9-13/h3-11,19H,1-2H3. The third-order valence-electron chi connectivity index (χ3n) is 3.55. The monoisotopic (exact) mass is 312 g/mol. The van der Waals surface area contributed by atoms with Gasteiger partial charge in [0, 0.05) is 18.0 Å². The number of benzene rings is 1. The van der Waals surface area contributed by atoms with Crippen molar-refractivity contribution in [2.75, 3.05) is 11.7 Å². The number of thioether (sulfide) groups is 1. The second kappa shape index (κ2) is 5.81. The Morgan fingerprint density at radius 1 is 1.18 bits per heavy atom. The van der Waals surface area contributed by atoms with E-state index in [2.05, 4.69) is 15.4 Å². The molecular weight excluding hydrogens is 296 g/mol. The third kappa shape index (κ3) is 2.46. The molecule has 0 radical (unpaired) electrons. The minimum Gasteiger partial charge on any atom is -0.289 e. The molecule has 2 aromatic rings. The van der Waals surface area contributed by atoms with E-state index in [0.717, 1.165) is 11.3 Å². The first kappa shape index (κ1) is 14.6. The molecule has 1 aliphatic rings. The number of carbonyl (C=O) groups excluding carboxylic acids is 1. The van der Waals surface area contributed by atoms with Gasteiger partial charge in [0.05, 0.1) is 5.69 Å². The highest BCUT2D eigenvalue weighted by Crippen LogP contribution is 2.35. The van der Waals surface area contributed by atoms with E-state index in [-0.39, 0.29) is 5.91 Å². The number of aromatic nitrogens is 1. The van der Waals surface area contributed by atoms with Gasteiger partial charge in [0.2, 0.25) is 0 Å². The number of carbonyl (C=O) groups is 1. The lowest BCUT2D eigenvalue weighted by Crippen LogP contribution is -2.42. The van der Waals surface area contributed by atoms with Crippen LogP contribution >= 0.6 is 11.8 Å². The van der Waals surface area contributed by atoms with Crippen LogP contribution in [0.2, 0.25) is 0 Å². The van der Waals surface area contributed by atoms with Gasteiger partial charge in [0.15, 0.2) is 10.7 Å². The molecule has 1 amide bonds. The minimum absolute atomic E-state index is 0.117. The zero-order valence-corrected chi connectivity index (χ0v) is 13.2. The number of anilines is 1. The summed E-state index contributed by atoms with van der Waals surface area (Å²) in [5, 5.41) is 2.15. The number of hydrogen-bond donors (Lipinski definition) is 1. The normalized spacial score (nSPS) is 20.9. The molecule has 0 bridgehead atoms. The Kier molecular flexibility index (Phi) is 3.85. The molecule has 3 rings (SSSR count). The lowest BCUT2D eigenvalue weighted by atomic mass is 9.94. The third-order valence-corrected chi connectivity index (χ3v) is 4.19. The van der Waals surface area contributed by atoms with Gasteiger partial charge in [-0.05, 0) is 31.4 Å². The fraction of sp³-hybridized carbons (Fsp3) is 0.188. The lowest BCUT2D eigenvalue weighted by Gasteiger charge is -2.23. The molecule has 1 aromatic carbocycles. The summed E-state index contributed by atoms with van der Waals surface area (Å²) in [4.78, 5) is 21.6. The number of nitrogens with one attached hydrogen (secondary N) is 1. The Hall–Kier alpha value is -2.34. The fourth-order valence-corrected chi connectivity index (χ4v) is 2.89. The lowest BCUT2D eigenvalue weighted by molar-refractivity contribution is -0.129. The minimum atomic E-state index is -0.950. The first-order chi connectivity index (χ1) is 10.6. The van der Waals surface area contributed by atoms with Crippen molar-refractivity contribution in [2.45, 2.75) is 12.5 Å². The topological polar surface area (TPSA) is 57.6 Å². The molecule has 0 saturated heterocycles. The number of para-hydroxylation sites is 1. The van der Waals surface area contributed by atoms with Crippen molar-refractivity contribution in [3.05, 3.63) is 60.4 Å². The van der Waals surface area contributed by atoms with Crippen LogP contribution in [-0.4, -0.2) is 27.3 Å². The van der Waals surface area contributed by atoms with Crippen molar-refractivity contribution in [1.29, 1.82) is 0 Å². The molecule has 2 heterocycles. The summed E-state index contributed by atoms with van der Waals surface area (Å²) in [6.45, 7) is 1.81. The van der Waals surface area contributed by atoms with Gasteiger partial charge in [-0.1, -0.05) is 36.0 Å². The zero-order valence-electron chi connectivity index (χ0n) is 12.4. The fourth-order valence-electron chi connectivity index (χ4n) is 2.31. The molecule has 0 spiro atoms. The van der Waals surface area contributed by atoms with Crippen LogP contribution in [0.3, 0.4) is 0 Å². The smallest absolute Gasteiger partial charge is 0.279 e. The predicted octanol–water partition coefficient (Wildman–Crippen LogP) is 2.89. The Morgan fingerprint density at radius 3 is 2.59 bits per heavy atom.